The first-order chi connectivity index (χ1) is 10.2. The van der Waals surface area contributed by atoms with E-state index in [1.807, 2.05) is 6.07 Å². The van der Waals surface area contributed by atoms with Crippen molar-refractivity contribution in [3.63, 3.8) is 0 Å². The minimum atomic E-state index is -0.202. The van der Waals surface area contributed by atoms with E-state index in [0.717, 1.165) is 21.5 Å². The summed E-state index contributed by atoms with van der Waals surface area (Å²) in [6.45, 7) is 2.90. The average molecular weight is 305 g/mol. The predicted octanol–water partition coefficient (Wildman–Crippen LogP) is 2.46. The number of halogens is 1. The molecule has 5 nitrogen and oxygen atoms in total. The van der Waals surface area contributed by atoms with Gasteiger partial charge in [0, 0.05) is 22.0 Å². The monoisotopic (exact) mass is 305 g/mol. The molecule has 3 aromatic rings. The molecule has 110 valence electrons. The number of tetrazole rings is 1. The molecule has 0 aliphatic rings. The van der Waals surface area contributed by atoms with Crippen LogP contribution in [0.3, 0.4) is 0 Å². The molecule has 2 aromatic heterocycles. The molecule has 1 atom stereocenters. The Morgan fingerprint density at radius 2 is 2.24 bits per heavy atom. The molecular weight excluding hydrogens is 289 g/mol. The van der Waals surface area contributed by atoms with Gasteiger partial charge in [0.1, 0.15) is 5.82 Å². The second-order valence-corrected chi connectivity index (χ2v) is 5.96. The molecule has 0 spiro atoms. The SMILES string of the molecule is CCNC(Cc1nnn(C)n1)c1cc2ccc(F)cc2s1. The molecule has 1 unspecified atom stereocenters. The molecule has 0 fully saturated rings. The standard InChI is InChI=1S/C14H16FN5S/c1-3-16-11(8-14-17-19-20(2)18-14)13-6-9-4-5-10(15)7-12(9)21-13/h4-7,11,16H,3,8H2,1-2H3. The molecule has 0 bridgehead atoms. The van der Waals surface area contributed by atoms with Crippen molar-refractivity contribution in [2.24, 2.45) is 7.05 Å². The molecule has 0 saturated heterocycles. The minimum absolute atomic E-state index is 0.111. The first kappa shape index (κ1) is 14.1. The van der Waals surface area contributed by atoms with Crippen LogP contribution in [0.1, 0.15) is 23.7 Å². The van der Waals surface area contributed by atoms with Crippen molar-refractivity contribution in [3.05, 3.63) is 40.8 Å². The summed E-state index contributed by atoms with van der Waals surface area (Å²) in [5.74, 6) is 0.499. The molecule has 1 aromatic carbocycles. The number of aromatic nitrogens is 4. The molecule has 0 radical (unpaired) electrons. The Kier molecular flexibility index (Phi) is 3.94. The van der Waals surface area contributed by atoms with Crippen molar-refractivity contribution in [2.75, 3.05) is 6.54 Å². The number of thiophene rings is 1. The first-order valence-corrected chi connectivity index (χ1v) is 7.62. The fraction of sp³-hybridized carbons (Fsp3) is 0.357. The van der Waals surface area contributed by atoms with Crippen LogP contribution in [0.4, 0.5) is 4.39 Å². The Balaban J connectivity index is 1.90. The lowest BCUT2D eigenvalue weighted by Crippen LogP contribution is -2.22. The molecule has 0 aliphatic heterocycles. The average Bonchev–Trinajstić information content (AvgIpc) is 3.04. The molecular formula is C14H16FN5S. The maximum Gasteiger partial charge on any atom is 0.176 e. The van der Waals surface area contributed by atoms with Gasteiger partial charge in [-0.25, -0.2) is 4.39 Å². The summed E-state index contributed by atoms with van der Waals surface area (Å²) in [5, 5.41) is 16.6. The van der Waals surface area contributed by atoms with Crippen molar-refractivity contribution < 1.29 is 4.39 Å². The van der Waals surface area contributed by atoms with E-state index in [-0.39, 0.29) is 11.9 Å². The molecule has 0 aliphatic carbocycles. The molecule has 2 heterocycles. The predicted molar refractivity (Wildman–Crippen MR) is 80.7 cm³/mol. The summed E-state index contributed by atoms with van der Waals surface area (Å²) in [5.41, 5.74) is 0. The maximum absolute atomic E-state index is 13.3. The van der Waals surface area contributed by atoms with Crippen LogP contribution in [0.15, 0.2) is 24.3 Å². The lowest BCUT2D eigenvalue weighted by atomic mass is 10.1. The van der Waals surface area contributed by atoms with Crippen molar-refractivity contribution in [1.82, 2.24) is 25.5 Å². The number of rotatable bonds is 5. The highest BCUT2D eigenvalue weighted by Gasteiger charge is 2.17. The topological polar surface area (TPSA) is 55.6 Å². The van der Waals surface area contributed by atoms with E-state index in [0.29, 0.717) is 12.2 Å². The summed E-state index contributed by atoms with van der Waals surface area (Å²) < 4.78 is 14.3. The lowest BCUT2D eigenvalue weighted by molar-refractivity contribution is 0.542. The quantitative estimate of drug-likeness (QED) is 0.787. The Labute approximate surface area is 125 Å². The Hall–Kier alpha value is -1.86. The van der Waals surface area contributed by atoms with Gasteiger partial charge in [0.05, 0.1) is 7.05 Å². The molecule has 21 heavy (non-hydrogen) atoms. The van der Waals surface area contributed by atoms with Gasteiger partial charge in [-0.3, -0.25) is 0 Å². The lowest BCUT2D eigenvalue weighted by Gasteiger charge is -2.13. The Bertz CT molecular complexity index is 751. The van der Waals surface area contributed by atoms with E-state index >= 15 is 0 Å². The number of hydrogen-bond donors (Lipinski definition) is 1. The van der Waals surface area contributed by atoms with Crippen LogP contribution < -0.4 is 5.32 Å². The van der Waals surface area contributed by atoms with Gasteiger partial charge in [0.15, 0.2) is 5.82 Å². The van der Waals surface area contributed by atoms with Crippen LogP contribution in [0.2, 0.25) is 0 Å². The van der Waals surface area contributed by atoms with Gasteiger partial charge in [-0.2, -0.15) is 4.80 Å². The molecule has 3 rings (SSSR count). The van der Waals surface area contributed by atoms with Crippen molar-refractivity contribution in [1.29, 1.82) is 0 Å². The number of aryl methyl sites for hydroxylation is 1. The van der Waals surface area contributed by atoms with Crippen LogP contribution in [-0.2, 0) is 13.5 Å². The van der Waals surface area contributed by atoms with Gasteiger partial charge in [-0.15, -0.1) is 21.5 Å². The van der Waals surface area contributed by atoms with Crippen LogP contribution >= 0.6 is 11.3 Å². The number of hydrogen-bond acceptors (Lipinski definition) is 5. The van der Waals surface area contributed by atoms with Crippen LogP contribution in [-0.4, -0.2) is 26.8 Å². The van der Waals surface area contributed by atoms with Gasteiger partial charge in [0.2, 0.25) is 0 Å². The third-order valence-electron chi connectivity index (χ3n) is 3.23. The largest absolute Gasteiger partial charge is 0.309 e. The van der Waals surface area contributed by atoms with E-state index in [1.165, 1.54) is 10.9 Å². The van der Waals surface area contributed by atoms with Crippen molar-refractivity contribution in [3.8, 4) is 0 Å². The molecule has 0 amide bonds. The van der Waals surface area contributed by atoms with E-state index in [1.54, 1.807) is 24.5 Å². The zero-order valence-corrected chi connectivity index (χ0v) is 12.7. The number of likely N-dealkylation sites (N-methyl/N-ethyl adjacent to an activating group) is 1. The van der Waals surface area contributed by atoms with Gasteiger partial charge in [0.25, 0.3) is 0 Å². The normalized spacial score (nSPS) is 12.9. The zero-order chi connectivity index (χ0) is 14.8. The summed E-state index contributed by atoms with van der Waals surface area (Å²) in [6.07, 6.45) is 0.664. The van der Waals surface area contributed by atoms with E-state index in [9.17, 15) is 4.39 Å². The molecule has 0 saturated carbocycles. The first-order valence-electron chi connectivity index (χ1n) is 6.81. The van der Waals surface area contributed by atoms with Crippen LogP contribution in [0, 0.1) is 5.82 Å². The third-order valence-corrected chi connectivity index (χ3v) is 4.44. The Morgan fingerprint density at radius 1 is 1.38 bits per heavy atom. The van der Waals surface area contributed by atoms with E-state index in [2.05, 4.69) is 33.7 Å². The highest BCUT2D eigenvalue weighted by atomic mass is 32.1. The summed E-state index contributed by atoms with van der Waals surface area (Å²) >= 11 is 1.60. The number of fused-ring (bicyclic) bond motifs is 1. The van der Waals surface area contributed by atoms with Crippen LogP contribution in [0.25, 0.3) is 10.1 Å². The minimum Gasteiger partial charge on any atom is -0.309 e. The number of nitrogens with zero attached hydrogens (tertiary/aromatic N) is 4. The Morgan fingerprint density at radius 3 is 2.95 bits per heavy atom. The van der Waals surface area contributed by atoms with E-state index in [4.69, 9.17) is 0 Å². The highest BCUT2D eigenvalue weighted by molar-refractivity contribution is 7.19. The number of nitrogens with one attached hydrogen (secondary N) is 1. The molecule has 7 heteroatoms. The maximum atomic E-state index is 13.3. The fourth-order valence-corrected chi connectivity index (χ4v) is 3.47. The van der Waals surface area contributed by atoms with Gasteiger partial charge in [-0.05, 0) is 35.3 Å². The third kappa shape index (κ3) is 3.08. The second kappa shape index (κ2) is 5.87. The molecule has 1 N–H and O–H groups in total. The van der Waals surface area contributed by atoms with Gasteiger partial charge < -0.3 is 5.32 Å². The summed E-state index contributed by atoms with van der Waals surface area (Å²) in [7, 11) is 1.75. The highest BCUT2D eigenvalue weighted by Crippen LogP contribution is 2.31. The smallest absolute Gasteiger partial charge is 0.176 e. The van der Waals surface area contributed by atoms with Crippen molar-refractivity contribution in [2.45, 2.75) is 19.4 Å². The van der Waals surface area contributed by atoms with Crippen molar-refractivity contribution >= 4 is 21.4 Å². The zero-order valence-electron chi connectivity index (χ0n) is 11.9. The second-order valence-electron chi connectivity index (χ2n) is 4.84. The van der Waals surface area contributed by atoms with Crippen LogP contribution in [0.5, 0.6) is 0 Å². The fourth-order valence-electron chi connectivity index (χ4n) is 2.30. The summed E-state index contributed by atoms with van der Waals surface area (Å²) in [6, 6.07) is 7.09. The van der Waals surface area contributed by atoms with E-state index < -0.39 is 0 Å². The summed E-state index contributed by atoms with van der Waals surface area (Å²) in [4.78, 5) is 2.61. The van der Waals surface area contributed by atoms with Gasteiger partial charge in [-0.1, -0.05) is 13.0 Å². The number of benzene rings is 1. The van der Waals surface area contributed by atoms with Gasteiger partial charge >= 0.3 is 0 Å².